The van der Waals surface area contributed by atoms with Gasteiger partial charge in [-0.25, -0.2) is 13.4 Å². The molecule has 0 radical (unpaired) electrons. The van der Waals surface area contributed by atoms with Crippen molar-refractivity contribution in [1.29, 1.82) is 0 Å². The van der Waals surface area contributed by atoms with Gasteiger partial charge in [0, 0.05) is 41.6 Å². The Morgan fingerprint density at radius 1 is 1.07 bits per heavy atom. The average molecular weight is 527 g/mol. The fourth-order valence-corrected chi connectivity index (χ4v) is 6.99. The van der Waals surface area contributed by atoms with Gasteiger partial charge in [0.1, 0.15) is 4.90 Å². The van der Waals surface area contributed by atoms with E-state index in [0.29, 0.717) is 26.2 Å². The number of piperazine rings is 1. The summed E-state index contributed by atoms with van der Waals surface area (Å²) in [5, 5.41) is 3.23. The first-order valence-corrected chi connectivity index (χ1v) is 13.0. The van der Waals surface area contributed by atoms with Crippen molar-refractivity contribution in [2.75, 3.05) is 31.1 Å². The van der Waals surface area contributed by atoms with Crippen molar-refractivity contribution in [2.24, 2.45) is 0 Å². The highest BCUT2D eigenvalue weighted by molar-refractivity contribution is 9.10. The Bertz CT molecular complexity index is 1170. The Morgan fingerprint density at radius 2 is 1.73 bits per heavy atom. The second-order valence-electron chi connectivity index (χ2n) is 7.25. The number of anilines is 1. The van der Waals surface area contributed by atoms with E-state index < -0.39 is 10.0 Å². The van der Waals surface area contributed by atoms with E-state index >= 15 is 0 Å². The molecule has 1 saturated heterocycles. The van der Waals surface area contributed by atoms with Gasteiger partial charge < -0.3 is 4.90 Å². The van der Waals surface area contributed by atoms with Gasteiger partial charge in [0.15, 0.2) is 5.13 Å². The number of rotatable bonds is 4. The second kappa shape index (κ2) is 8.59. The molecule has 30 heavy (non-hydrogen) atoms. The summed E-state index contributed by atoms with van der Waals surface area (Å²) in [5.74, 6) is 0. The minimum Gasteiger partial charge on any atom is -0.345 e. The summed E-state index contributed by atoms with van der Waals surface area (Å²) >= 11 is 11.1. The third-order valence-electron chi connectivity index (χ3n) is 5.25. The van der Waals surface area contributed by atoms with Crippen LogP contribution in [0.5, 0.6) is 0 Å². The van der Waals surface area contributed by atoms with Crippen molar-refractivity contribution >= 4 is 54.0 Å². The molecule has 0 bridgehead atoms. The maximum Gasteiger partial charge on any atom is 0.244 e. The SMILES string of the molecule is Cc1cccc(C)c1-c1csc(N2CCN(S(=O)(=O)c3ccc(Br)cc3Cl)CC2)n1. The number of sulfonamides is 1. The highest BCUT2D eigenvalue weighted by atomic mass is 79.9. The van der Waals surface area contributed by atoms with Crippen LogP contribution in [0.2, 0.25) is 5.02 Å². The summed E-state index contributed by atoms with van der Waals surface area (Å²) < 4.78 is 28.3. The van der Waals surface area contributed by atoms with Crippen LogP contribution in [0.25, 0.3) is 11.3 Å². The molecule has 3 aromatic rings. The minimum absolute atomic E-state index is 0.146. The zero-order valence-corrected chi connectivity index (χ0v) is 20.6. The summed E-state index contributed by atoms with van der Waals surface area (Å²) in [5.41, 5.74) is 4.55. The van der Waals surface area contributed by atoms with Crippen molar-refractivity contribution in [3.63, 3.8) is 0 Å². The molecule has 158 valence electrons. The van der Waals surface area contributed by atoms with Crippen LogP contribution in [0.3, 0.4) is 0 Å². The van der Waals surface area contributed by atoms with Crippen molar-refractivity contribution in [1.82, 2.24) is 9.29 Å². The zero-order valence-electron chi connectivity index (χ0n) is 16.6. The van der Waals surface area contributed by atoms with Crippen molar-refractivity contribution in [3.05, 3.63) is 62.4 Å². The topological polar surface area (TPSA) is 53.5 Å². The Morgan fingerprint density at radius 3 is 2.37 bits per heavy atom. The number of thiazole rings is 1. The lowest BCUT2D eigenvalue weighted by molar-refractivity contribution is 0.385. The second-order valence-corrected chi connectivity index (χ2v) is 11.3. The molecule has 1 aliphatic heterocycles. The number of benzene rings is 2. The highest BCUT2D eigenvalue weighted by Gasteiger charge is 2.31. The molecule has 2 aromatic carbocycles. The summed E-state index contributed by atoms with van der Waals surface area (Å²) in [6.45, 7) is 6.16. The first kappa shape index (κ1) is 21.8. The van der Waals surface area contributed by atoms with E-state index in [1.54, 1.807) is 29.5 Å². The van der Waals surface area contributed by atoms with Crippen LogP contribution < -0.4 is 4.90 Å². The lowest BCUT2D eigenvalue weighted by Gasteiger charge is -2.34. The third-order valence-corrected chi connectivity index (χ3v) is 9.03. The molecule has 5 nitrogen and oxygen atoms in total. The summed E-state index contributed by atoms with van der Waals surface area (Å²) in [7, 11) is -3.63. The van der Waals surface area contributed by atoms with Crippen LogP contribution in [0, 0.1) is 13.8 Å². The fraction of sp³-hybridized carbons (Fsp3) is 0.286. The maximum atomic E-state index is 13.0. The van der Waals surface area contributed by atoms with Crippen LogP contribution >= 0.6 is 38.9 Å². The van der Waals surface area contributed by atoms with E-state index in [-0.39, 0.29) is 9.92 Å². The Kier molecular flexibility index (Phi) is 6.23. The molecule has 0 aliphatic carbocycles. The first-order chi connectivity index (χ1) is 14.3. The molecule has 0 N–H and O–H groups in total. The Labute approximate surface area is 194 Å². The molecule has 1 fully saturated rings. The fourth-order valence-electron chi connectivity index (χ4n) is 3.69. The predicted octanol–water partition coefficient (Wildman–Crippen LogP) is 5.35. The molecule has 0 amide bonds. The zero-order chi connectivity index (χ0) is 21.5. The van der Waals surface area contributed by atoms with Crippen molar-refractivity contribution < 1.29 is 8.42 Å². The summed E-state index contributed by atoms with van der Waals surface area (Å²) in [6, 6.07) is 11.1. The van der Waals surface area contributed by atoms with E-state index in [1.165, 1.54) is 21.0 Å². The number of aromatic nitrogens is 1. The molecule has 0 saturated carbocycles. The number of hydrogen-bond acceptors (Lipinski definition) is 5. The molecule has 1 aliphatic rings. The van der Waals surface area contributed by atoms with Gasteiger partial charge in [-0.15, -0.1) is 11.3 Å². The Hall–Kier alpha value is -1.45. The van der Waals surface area contributed by atoms with E-state index in [0.717, 1.165) is 15.3 Å². The van der Waals surface area contributed by atoms with Gasteiger partial charge in [-0.2, -0.15) is 4.31 Å². The first-order valence-electron chi connectivity index (χ1n) is 9.49. The van der Waals surface area contributed by atoms with Crippen LogP contribution in [-0.2, 0) is 10.0 Å². The maximum absolute atomic E-state index is 13.0. The van der Waals surface area contributed by atoms with Crippen LogP contribution in [0.1, 0.15) is 11.1 Å². The van der Waals surface area contributed by atoms with E-state index in [9.17, 15) is 8.42 Å². The van der Waals surface area contributed by atoms with Gasteiger partial charge in [-0.1, -0.05) is 45.7 Å². The highest BCUT2D eigenvalue weighted by Crippen LogP contribution is 2.33. The lowest BCUT2D eigenvalue weighted by Crippen LogP contribution is -2.48. The number of aryl methyl sites for hydroxylation is 2. The largest absolute Gasteiger partial charge is 0.345 e. The van der Waals surface area contributed by atoms with Crippen LogP contribution in [-0.4, -0.2) is 43.9 Å². The van der Waals surface area contributed by atoms with Gasteiger partial charge in [-0.05, 0) is 43.2 Å². The number of nitrogens with zero attached hydrogens (tertiary/aromatic N) is 3. The predicted molar refractivity (Wildman–Crippen MR) is 127 cm³/mol. The molecule has 0 unspecified atom stereocenters. The molecular weight excluding hydrogens is 506 g/mol. The molecule has 0 spiro atoms. The molecule has 4 rings (SSSR count). The number of hydrogen-bond donors (Lipinski definition) is 0. The van der Waals surface area contributed by atoms with Gasteiger partial charge in [0.25, 0.3) is 0 Å². The van der Waals surface area contributed by atoms with Crippen molar-refractivity contribution in [3.8, 4) is 11.3 Å². The van der Waals surface area contributed by atoms with E-state index in [1.807, 2.05) is 0 Å². The molecule has 1 aromatic heterocycles. The van der Waals surface area contributed by atoms with Gasteiger partial charge in [0.05, 0.1) is 10.7 Å². The van der Waals surface area contributed by atoms with E-state index in [2.05, 4.69) is 58.3 Å². The minimum atomic E-state index is -3.63. The molecular formula is C21H21BrClN3O2S2. The monoisotopic (exact) mass is 525 g/mol. The summed E-state index contributed by atoms with van der Waals surface area (Å²) in [4.78, 5) is 7.14. The van der Waals surface area contributed by atoms with Crippen LogP contribution in [0.15, 0.2) is 51.1 Å². The average Bonchev–Trinajstić information content (AvgIpc) is 3.17. The molecule has 2 heterocycles. The molecule has 0 atom stereocenters. The quantitative estimate of drug-likeness (QED) is 0.460. The van der Waals surface area contributed by atoms with E-state index in [4.69, 9.17) is 16.6 Å². The van der Waals surface area contributed by atoms with Crippen LogP contribution in [0.4, 0.5) is 5.13 Å². The van der Waals surface area contributed by atoms with Gasteiger partial charge >= 0.3 is 0 Å². The Balaban J connectivity index is 1.50. The van der Waals surface area contributed by atoms with Gasteiger partial charge in [0.2, 0.25) is 10.0 Å². The smallest absolute Gasteiger partial charge is 0.244 e. The van der Waals surface area contributed by atoms with Crippen molar-refractivity contribution in [2.45, 2.75) is 18.7 Å². The van der Waals surface area contributed by atoms with Gasteiger partial charge in [-0.3, -0.25) is 0 Å². The molecule has 9 heteroatoms. The third kappa shape index (κ3) is 4.16. The summed E-state index contributed by atoms with van der Waals surface area (Å²) in [6.07, 6.45) is 0. The standard InChI is InChI=1S/C21H21BrClN3O2S2/c1-14-4-3-5-15(2)20(14)18-13-29-21(24-18)25-8-10-26(11-9-25)30(27,28)19-7-6-16(22)12-17(19)23/h3-7,12-13H,8-11H2,1-2H3. The lowest BCUT2D eigenvalue weighted by atomic mass is 10.0. The number of halogens is 2. The normalized spacial score (nSPS) is 15.5.